The van der Waals surface area contributed by atoms with Gasteiger partial charge in [0, 0.05) is 12.0 Å². The fourth-order valence-electron chi connectivity index (χ4n) is 3.37. The highest BCUT2D eigenvalue weighted by Crippen LogP contribution is 2.22. The highest BCUT2D eigenvalue weighted by molar-refractivity contribution is 6.24. The number of amides is 2. The molecule has 1 aromatic rings. The van der Waals surface area contributed by atoms with Crippen LogP contribution in [-0.4, -0.2) is 58.7 Å². The molecule has 0 saturated carbocycles. The second-order valence-corrected chi connectivity index (χ2v) is 7.23. The van der Waals surface area contributed by atoms with E-state index in [-0.39, 0.29) is 24.3 Å². The summed E-state index contributed by atoms with van der Waals surface area (Å²) in [6.45, 7) is 0.422. The molecule has 2 aliphatic rings. The maximum atomic E-state index is 12.3. The molecule has 11 nitrogen and oxygen atoms in total. The summed E-state index contributed by atoms with van der Waals surface area (Å²) in [5.74, 6) is -2.76. The number of rotatable bonds is 9. The van der Waals surface area contributed by atoms with Gasteiger partial charge in [0.25, 0.3) is 11.8 Å². The molecule has 2 aliphatic heterocycles. The molecule has 2 amide bonds. The lowest BCUT2D eigenvalue weighted by molar-refractivity contribution is -0.140. The molecule has 3 rings (SSSR count). The van der Waals surface area contributed by atoms with Crippen LogP contribution in [0.5, 0.6) is 0 Å². The number of hydrogen-bond acceptors (Lipinski definition) is 7. The summed E-state index contributed by atoms with van der Waals surface area (Å²) in [4.78, 5) is 50.6. The molecule has 11 heteroatoms. The van der Waals surface area contributed by atoms with Gasteiger partial charge in [0.15, 0.2) is 6.29 Å². The van der Waals surface area contributed by atoms with Gasteiger partial charge in [-0.1, -0.05) is 12.1 Å². The zero-order chi connectivity index (χ0) is 22.5. The molecule has 1 saturated heterocycles. The van der Waals surface area contributed by atoms with Gasteiger partial charge in [0.2, 0.25) is 0 Å². The van der Waals surface area contributed by atoms with Gasteiger partial charge in [-0.15, -0.1) is 0 Å². The van der Waals surface area contributed by atoms with E-state index < -0.39 is 30.2 Å². The zero-order valence-electron chi connectivity index (χ0n) is 16.6. The van der Waals surface area contributed by atoms with Crippen molar-refractivity contribution in [1.82, 2.24) is 16.0 Å². The average molecular weight is 429 g/mol. The van der Waals surface area contributed by atoms with Crippen molar-refractivity contribution >= 4 is 29.6 Å². The van der Waals surface area contributed by atoms with Crippen molar-refractivity contribution in [3.63, 3.8) is 0 Å². The van der Waals surface area contributed by atoms with Crippen LogP contribution in [-0.2, 0) is 20.8 Å². The summed E-state index contributed by atoms with van der Waals surface area (Å²) in [6.07, 6.45) is 0.00795. The maximum absolute atomic E-state index is 12.3. The minimum absolute atomic E-state index is 0.205. The maximum Gasteiger partial charge on any atom is 0.326 e. The highest BCUT2D eigenvalue weighted by Gasteiger charge is 2.31. The number of amidine groups is 1. The average Bonchev–Trinajstić information content (AvgIpc) is 3.12. The predicted octanol–water partition coefficient (Wildman–Crippen LogP) is -0.663. The number of nitrogens with zero attached hydrogens (tertiary/aromatic N) is 1. The Morgan fingerprint density at radius 3 is 2.52 bits per heavy atom. The van der Waals surface area contributed by atoms with E-state index in [4.69, 9.17) is 15.9 Å². The third kappa shape index (κ3) is 5.45. The van der Waals surface area contributed by atoms with Gasteiger partial charge in [0.05, 0.1) is 12.1 Å². The number of aryl methyl sites for hydroxylation is 1. The molecule has 1 aromatic carbocycles. The summed E-state index contributed by atoms with van der Waals surface area (Å²) >= 11 is 0. The van der Waals surface area contributed by atoms with Gasteiger partial charge in [-0.3, -0.25) is 25.1 Å². The minimum atomic E-state index is -1.29. The lowest BCUT2D eigenvalue weighted by Crippen LogP contribution is -2.59. The van der Waals surface area contributed by atoms with E-state index >= 15 is 0 Å². The Hall–Kier alpha value is -3.73. The van der Waals surface area contributed by atoms with Gasteiger partial charge >= 0.3 is 11.9 Å². The summed E-state index contributed by atoms with van der Waals surface area (Å²) in [6, 6.07) is 5.36. The van der Waals surface area contributed by atoms with E-state index in [1.807, 2.05) is 0 Å². The van der Waals surface area contributed by atoms with Crippen molar-refractivity contribution in [2.45, 2.75) is 38.0 Å². The molecule has 0 spiro atoms. The van der Waals surface area contributed by atoms with Crippen LogP contribution in [0.1, 0.15) is 35.2 Å². The molecular weight excluding hydrogens is 406 g/mol. The number of nitrogens with one attached hydrogen (secondary N) is 3. The van der Waals surface area contributed by atoms with Gasteiger partial charge in [-0.05, 0) is 42.5 Å². The Morgan fingerprint density at radius 2 is 1.87 bits per heavy atom. The van der Waals surface area contributed by atoms with Crippen LogP contribution in [0.3, 0.4) is 0 Å². The van der Waals surface area contributed by atoms with Crippen LogP contribution in [0.4, 0.5) is 0 Å². The normalized spacial score (nSPS) is 18.4. The lowest BCUT2D eigenvalue weighted by atomic mass is 9.99. The second kappa shape index (κ2) is 9.39. The number of benzene rings is 1. The van der Waals surface area contributed by atoms with Crippen LogP contribution in [0, 0.1) is 0 Å². The van der Waals surface area contributed by atoms with Crippen molar-refractivity contribution in [2.75, 3.05) is 6.54 Å². The van der Waals surface area contributed by atoms with Crippen LogP contribution >= 0.6 is 0 Å². The van der Waals surface area contributed by atoms with E-state index in [0.29, 0.717) is 30.8 Å². The van der Waals surface area contributed by atoms with Gasteiger partial charge < -0.3 is 26.2 Å². The molecule has 1 fully saturated rings. The van der Waals surface area contributed by atoms with Crippen LogP contribution in [0.2, 0.25) is 0 Å². The smallest absolute Gasteiger partial charge is 0.326 e. The fourth-order valence-corrected chi connectivity index (χ4v) is 3.37. The molecular formula is C20H23N5O6. The van der Waals surface area contributed by atoms with Crippen LogP contribution < -0.4 is 21.7 Å². The Labute approximate surface area is 177 Å². The first kappa shape index (κ1) is 22.0. The topological polar surface area (TPSA) is 183 Å². The Balaban J connectivity index is 1.58. The van der Waals surface area contributed by atoms with Gasteiger partial charge in [-0.25, -0.2) is 4.79 Å². The molecule has 1 unspecified atom stereocenters. The number of hydrogen-bond donors (Lipinski definition) is 6. The first-order valence-corrected chi connectivity index (χ1v) is 9.69. The van der Waals surface area contributed by atoms with Gasteiger partial charge in [-0.2, -0.15) is 0 Å². The number of carbonyl (C=O) groups excluding carboxylic acids is 2. The monoisotopic (exact) mass is 429 g/mol. The molecule has 2 atom stereocenters. The largest absolute Gasteiger partial charge is 0.481 e. The van der Waals surface area contributed by atoms with Crippen molar-refractivity contribution in [3.8, 4) is 0 Å². The molecule has 0 aromatic heterocycles. The summed E-state index contributed by atoms with van der Waals surface area (Å²) in [5, 5.41) is 25.7. The standard InChI is InChI=1S/C20H23N5O6/c21-20-24-16-15(18(29)25-20)12(9-22-16)6-3-10-1-4-11(5-2-10)17(28)23-13(19(30)31)7-8-14(26)27/h1-2,4-5,13,20H,3,6-9,21H2,(H,22,24)(H,23,28)(H,25,29)(H,26,27)(H,30,31)/t13-,20?/m0/s1. The number of carboxylic acids is 2. The lowest BCUT2D eigenvalue weighted by Gasteiger charge is -2.24. The van der Waals surface area contributed by atoms with Crippen molar-refractivity contribution in [2.24, 2.45) is 10.7 Å². The number of aliphatic carboxylic acids is 2. The van der Waals surface area contributed by atoms with Crippen LogP contribution in [0.15, 0.2) is 40.4 Å². The minimum Gasteiger partial charge on any atom is -0.481 e. The molecule has 0 bridgehead atoms. The number of carbonyl (C=O) groups is 4. The molecule has 7 N–H and O–H groups in total. The summed E-state index contributed by atoms with van der Waals surface area (Å²) < 4.78 is 0. The zero-order valence-corrected chi connectivity index (χ0v) is 16.6. The molecule has 164 valence electrons. The highest BCUT2D eigenvalue weighted by atomic mass is 16.4. The third-order valence-electron chi connectivity index (χ3n) is 5.01. The number of aliphatic imine (C=N–C) groups is 1. The first-order chi connectivity index (χ1) is 14.7. The molecule has 0 radical (unpaired) electrons. The van der Waals surface area contributed by atoms with Crippen LogP contribution in [0.25, 0.3) is 0 Å². The third-order valence-corrected chi connectivity index (χ3v) is 5.01. The van der Waals surface area contributed by atoms with E-state index in [1.54, 1.807) is 24.3 Å². The first-order valence-electron chi connectivity index (χ1n) is 9.69. The quantitative estimate of drug-likeness (QED) is 0.299. The summed E-state index contributed by atoms with van der Waals surface area (Å²) in [5.41, 5.74) is 8.29. The van der Waals surface area contributed by atoms with E-state index in [9.17, 15) is 19.2 Å². The Bertz CT molecular complexity index is 969. The molecule has 31 heavy (non-hydrogen) atoms. The Morgan fingerprint density at radius 1 is 1.16 bits per heavy atom. The molecule has 2 heterocycles. The predicted molar refractivity (Wildman–Crippen MR) is 109 cm³/mol. The van der Waals surface area contributed by atoms with Crippen molar-refractivity contribution in [1.29, 1.82) is 0 Å². The second-order valence-electron chi connectivity index (χ2n) is 7.23. The van der Waals surface area contributed by atoms with E-state index in [2.05, 4.69) is 20.9 Å². The fraction of sp³-hybridized carbons (Fsp3) is 0.350. The van der Waals surface area contributed by atoms with Crippen molar-refractivity contribution < 1.29 is 29.4 Å². The number of nitrogens with two attached hydrogens (primary N) is 1. The van der Waals surface area contributed by atoms with E-state index in [0.717, 1.165) is 11.1 Å². The number of fused-ring (bicyclic) bond motifs is 1. The number of carboxylic acid groups (broad SMARTS) is 2. The Kier molecular flexibility index (Phi) is 6.65. The van der Waals surface area contributed by atoms with Gasteiger partial charge in [0.1, 0.15) is 11.9 Å². The summed E-state index contributed by atoms with van der Waals surface area (Å²) in [7, 11) is 0. The van der Waals surface area contributed by atoms with E-state index in [1.165, 1.54) is 0 Å². The SMILES string of the molecule is NC1NC(=O)C2=C(CCc3ccc(C(=O)N[C@@H](CCC(=O)O)C(=O)O)cc3)CN=C2N1. The molecule has 0 aliphatic carbocycles. The van der Waals surface area contributed by atoms with Crippen molar-refractivity contribution in [3.05, 3.63) is 46.5 Å².